The fraction of sp³-hybridized carbons (Fsp3) is 0.941. The van der Waals surface area contributed by atoms with Gasteiger partial charge in [0, 0.05) is 0 Å². The molecule has 0 aliphatic heterocycles. The Morgan fingerprint density at radius 3 is 1.96 bits per heavy atom. The van der Waals surface area contributed by atoms with Crippen molar-refractivity contribution >= 4 is 16.0 Å². The molecular formula is C17H37N2O4S+. The minimum absolute atomic E-state index is 0.0786. The van der Waals surface area contributed by atoms with Crippen molar-refractivity contribution in [3.63, 3.8) is 0 Å². The first-order valence-corrected chi connectivity index (χ1v) is 10.7. The topological polar surface area (TPSA) is 83.5 Å². The monoisotopic (exact) mass is 365 g/mol. The van der Waals surface area contributed by atoms with E-state index in [-0.39, 0.29) is 12.2 Å². The molecule has 0 aliphatic rings. The van der Waals surface area contributed by atoms with Crippen LogP contribution in [0, 0.1) is 0 Å². The molecule has 2 N–H and O–H groups in total. The minimum Gasteiger partial charge on any atom is -0.481 e. The Labute approximate surface area is 148 Å². The van der Waals surface area contributed by atoms with Crippen LogP contribution in [0.2, 0.25) is 0 Å². The SMILES string of the molecule is CCCCCCCCCCS(=O)(=O)N[C@H](CC(=O)O)C[N+](C)(C)C. The summed E-state index contributed by atoms with van der Waals surface area (Å²) < 4.78 is 27.4. The lowest BCUT2D eigenvalue weighted by atomic mass is 10.1. The molecule has 0 fully saturated rings. The summed E-state index contributed by atoms with van der Waals surface area (Å²) in [5.41, 5.74) is 0. The molecule has 7 heteroatoms. The van der Waals surface area contributed by atoms with Gasteiger partial charge in [-0.05, 0) is 6.42 Å². The van der Waals surface area contributed by atoms with Gasteiger partial charge in [-0.3, -0.25) is 4.79 Å². The van der Waals surface area contributed by atoms with Gasteiger partial charge >= 0.3 is 5.97 Å². The molecule has 0 unspecified atom stereocenters. The maximum absolute atomic E-state index is 12.2. The summed E-state index contributed by atoms with van der Waals surface area (Å²) in [4.78, 5) is 10.9. The van der Waals surface area contributed by atoms with Crippen LogP contribution in [-0.2, 0) is 14.8 Å². The molecule has 144 valence electrons. The number of nitrogens with zero attached hydrogens (tertiary/aromatic N) is 1. The third-order valence-corrected chi connectivity index (χ3v) is 5.32. The number of carbonyl (C=O) groups is 1. The summed E-state index contributed by atoms with van der Waals surface area (Å²) in [6, 6.07) is -0.568. The normalized spacial score (nSPS) is 13.8. The van der Waals surface area contributed by atoms with E-state index in [0.717, 1.165) is 19.3 Å². The zero-order chi connectivity index (χ0) is 18.6. The second-order valence-electron chi connectivity index (χ2n) is 7.68. The zero-order valence-corrected chi connectivity index (χ0v) is 16.7. The number of rotatable bonds is 15. The molecule has 0 aromatic carbocycles. The van der Waals surface area contributed by atoms with Gasteiger partial charge in [-0.2, -0.15) is 0 Å². The number of hydrogen-bond donors (Lipinski definition) is 2. The maximum Gasteiger partial charge on any atom is 0.305 e. The number of likely N-dealkylation sites (N-methyl/N-ethyl adjacent to an activating group) is 1. The van der Waals surface area contributed by atoms with Crippen molar-refractivity contribution in [3.05, 3.63) is 0 Å². The van der Waals surface area contributed by atoms with Crippen LogP contribution in [0.5, 0.6) is 0 Å². The van der Waals surface area contributed by atoms with Gasteiger partial charge in [-0.1, -0.05) is 51.9 Å². The fourth-order valence-corrected chi connectivity index (χ4v) is 4.12. The van der Waals surface area contributed by atoms with E-state index >= 15 is 0 Å². The van der Waals surface area contributed by atoms with Crippen LogP contribution in [0.3, 0.4) is 0 Å². The second-order valence-corrected chi connectivity index (χ2v) is 9.55. The summed E-state index contributed by atoms with van der Waals surface area (Å²) in [5, 5.41) is 8.97. The van der Waals surface area contributed by atoms with Crippen molar-refractivity contribution < 1.29 is 22.8 Å². The average Bonchev–Trinajstić information content (AvgIpc) is 2.38. The lowest BCUT2D eigenvalue weighted by molar-refractivity contribution is -0.871. The molecule has 0 saturated carbocycles. The number of hydrogen-bond acceptors (Lipinski definition) is 3. The van der Waals surface area contributed by atoms with Crippen LogP contribution in [0.15, 0.2) is 0 Å². The van der Waals surface area contributed by atoms with Gasteiger partial charge in [0.1, 0.15) is 0 Å². The number of carboxylic acid groups (broad SMARTS) is 1. The Bertz CT molecular complexity index is 444. The number of sulfonamides is 1. The Morgan fingerprint density at radius 2 is 1.50 bits per heavy atom. The van der Waals surface area contributed by atoms with E-state index in [1.165, 1.54) is 25.7 Å². The number of nitrogens with one attached hydrogen (secondary N) is 1. The quantitative estimate of drug-likeness (QED) is 0.345. The second kappa shape index (κ2) is 11.8. The lowest BCUT2D eigenvalue weighted by Crippen LogP contribution is -2.50. The lowest BCUT2D eigenvalue weighted by Gasteiger charge is -2.29. The summed E-state index contributed by atoms with van der Waals surface area (Å²) in [7, 11) is 2.33. The van der Waals surface area contributed by atoms with E-state index in [4.69, 9.17) is 5.11 Å². The van der Waals surface area contributed by atoms with Crippen molar-refractivity contribution in [1.29, 1.82) is 0 Å². The van der Waals surface area contributed by atoms with Crippen LogP contribution in [0.1, 0.15) is 64.7 Å². The third-order valence-electron chi connectivity index (χ3n) is 3.80. The number of aliphatic carboxylic acids is 1. The molecule has 1 atom stereocenters. The van der Waals surface area contributed by atoms with E-state index in [1.54, 1.807) is 0 Å². The summed E-state index contributed by atoms with van der Waals surface area (Å²) >= 11 is 0. The largest absolute Gasteiger partial charge is 0.481 e. The molecular weight excluding hydrogens is 328 g/mol. The molecule has 0 radical (unpaired) electrons. The molecule has 0 saturated heterocycles. The first-order valence-electron chi connectivity index (χ1n) is 9.08. The van der Waals surface area contributed by atoms with E-state index in [9.17, 15) is 13.2 Å². The summed E-state index contributed by atoms with van der Waals surface area (Å²) in [6.45, 7) is 2.64. The van der Waals surface area contributed by atoms with Crippen LogP contribution < -0.4 is 4.72 Å². The van der Waals surface area contributed by atoms with E-state index in [0.29, 0.717) is 17.4 Å². The van der Waals surface area contributed by atoms with Gasteiger partial charge < -0.3 is 9.59 Å². The van der Waals surface area contributed by atoms with Crippen molar-refractivity contribution in [2.75, 3.05) is 33.4 Å². The van der Waals surface area contributed by atoms with Gasteiger partial charge in [0.25, 0.3) is 0 Å². The Morgan fingerprint density at radius 1 is 1.00 bits per heavy atom. The zero-order valence-electron chi connectivity index (χ0n) is 15.9. The predicted octanol–water partition coefficient (Wildman–Crippen LogP) is 2.60. The molecule has 0 rings (SSSR count). The minimum atomic E-state index is -3.42. The van der Waals surface area contributed by atoms with Gasteiger partial charge in [-0.25, -0.2) is 13.1 Å². The van der Waals surface area contributed by atoms with Crippen molar-refractivity contribution in [2.45, 2.75) is 70.8 Å². The summed E-state index contributed by atoms with van der Waals surface area (Å²) in [5.74, 6) is -0.905. The third kappa shape index (κ3) is 14.9. The first-order chi connectivity index (χ1) is 11.1. The van der Waals surface area contributed by atoms with Gasteiger partial charge in [-0.15, -0.1) is 0 Å². The molecule has 0 spiro atoms. The molecule has 0 bridgehead atoms. The molecule has 24 heavy (non-hydrogen) atoms. The number of carboxylic acids is 1. The summed E-state index contributed by atoms with van der Waals surface area (Å²) in [6.07, 6.45) is 8.57. The van der Waals surface area contributed by atoms with E-state index in [2.05, 4.69) is 11.6 Å². The number of quaternary nitrogens is 1. The molecule has 0 aromatic rings. The molecule has 0 heterocycles. The van der Waals surface area contributed by atoms with Gasteiger partial charge in [0.2, 0.25) is 10.0 Å². The van der Waals surface area contributed by atoms with Crippen LogP contribution >= 0.6 is 0 Å². The molecule has 6 nitrogen and oxygen atoms in total. The maximum atomic E-state index is 12.2. The van der Waals surface area contributed by atoms with Gasteiger partial charge in [0.05, 0.1) is 45.9 Å². The smallest absolute Gasteiger partial charge is 0.305 e. The average molecular weight is 366 g/mol. The molecule has 0 amide bonds. The highest BCUT2D eigenvalue weighted by Gasteiger charge is 2.25. The fourth-order valence-electron chi connectivity index (χ4n) is 2.75. The molecule has 0 aromatic heterocycles. The van der Waals surface area contributed by atoms with Crippen LogP contribution in [0.25, 0.3) is 0 Å². The highest BCUT2D eigenvalue weighted by atomic mass is 32.2. The number of unbranched alkanes of at least 4 members (excludes halogenated alkanes) is 7. The van der Waals surface area contributed by atoms with Crippen molar-refractivity contribution in [2.24, 2.45) is 0 Å². The van der Waals surface area contributed by atoms with Gasteiger partial charge in [0.15, 0.2) is 0 Å². The molecule has 0 aliphatic carbocycles. The predicted molar refractivity (Wildman–Crippen MR) is 98.5 cm³/mol. The van der Waals surface area contributed by atoms with Crippen molar-refractivity contribution in [3.8, 4) is 0 Å². The highest BCUT2D eigenvalue weighted by molar-refractivity contribution is 7.89. The standard InChI is InChI=1S/C17H36N2O4S/c1-5-6-7-8-9-10-11-12-13-24(22,23)18-16(14-17(20)21)15-19(2,3)4/h16,18H,5-15H2,1-4H3/p+1/t16-/m1/s1. The van der Waals surface area contributed by atoms with Crippen LogP contribution in [-0.4, -0.2) is 63.5 Å². The van der Waals surface area contributed by atoms with Crippen LogP contribution in [0.4, 0.5) is 0 Å². The first kappa shape index (κ1) is 23.3. The Balaban J connectivity index is 4.16. The highest BCUT2D eigenvalue weighted by Crippen LogP contribution is 2.09. The Kier molecular flexibility index (Phi) is 11.5. The van der Waals surface area contributed by atoms with E-state index in [1.807, 2.05) is 21.1 Å². The van der Waals surface area contributed by atoms with E-state index < -0.39 is 22.0 Å². The Hall–Kier alpha value is -0.660. The van der Waals surface area contributed by atoms with Crippen molar-refractivity contribution in [1.82, 2.24) is 4.72 Å².